The number of hydrogen-bond acceptors (Lipinski definition) is 5. The van der Waals surface area contributed by atoms with Crippen molar-refractivity contribution in [3.63, 3.8) is 0 Å². The van der Waals surface area contributed by atoms with Gasteiger partial charge in [-0.1, -0.05) is 0 Å². The van der Waals surface area contributed by atoms with Gasteiger partial charge in [-0.05, 0) is 20.8 Å². The van der Waals surface area contributed by atoms with Crippen LogP contribution in [0.1, 0.15) is 25.1 Å². The van der Waals surface area contributed by atoms with Crippen molar-refractivity contribution < 1.29 is 4.79 Å². The maximum absolute atomic E-state index is 11.9. The molecule has 0 aliphatic carbocycles. The number of nitrogens with zero attached hydrogens (tertiary/aromatic N) is 3. The zero-order valence-corrected chi connectivity index (χ0v) is 11.9. The minimum Gasteiger partial charge on any atom is -0.353 e. The van der Waals surface area contributed by atoms with Gasteiger partial charge in [0.2, 0.25) is 5.91 Å². The molecule has 1 amide bonds. The van der Waals surface area contributed by atoms with E-state index >= 15 is 0 Å². The summed E-state index contributed by atoms with van der Waals surface area (Å²) in [6.07, 6.45) is 0. The minimum absolute atomic E-state index is 0.0579. The summed E-state index contributed by atoms with van der Waals surface area (Å²) < 4.78 is 1.72. The largest absolute Gasteiger partial charge is 0.353 e. The molecular weight excluding hydrogens is 244 g/mol. The van der Waals surface area contributed by atoms with Crippen molar-refractivity contribution in [2.75, 3.05) is 18.5 Å². The molecule has 2 rings (SSSR count). The summed E-state index contributed by atoms with van der Waals surface area (Å²) in [6.45, 7) is 7.96. The first kappa shape index (κ1) is 13.8. The highest BCUT2D eigenvalue weighted by molar-refractivity contribution is 5.86. The molecule has 0 aromatic carbocycles. The number of hydrogen-bond donors (Lipinski definition) is 3. The van der Waals surface area contributed by atoms with E-state index in [1.165, 1.54) is 0 Å². The smallest absolute Gasteiger partial charge is 0.240 e. The van der Waals surface area contributed by atoms with Crippen molar-refractivity contribution in [1.82, 2.24) is 20.0 Å². The molecule has 1 fully saturated rings. The van der Waals surface area contributed by atoms with E-state index in [0.717, 1.165) is 23.6 Å². The van der Waals surface area contributed by atoms with Gasteiger partial charge in [-0.25, -0.2) is 5.84 Å². The van der Waals surface area contributed by atoms with Gasteiger partial charge < -0.3 is 10.7 Å². The van der Waals surface area contributed by atoms with Crippen molar-refractivity contribution >= 4 is 11.7 Å². The van der Waals surface area contributed by atoms with Crippen molar-refractivity contribution in [2.45, 2.75) is 32.9 Å². The number of aromatic nitrogens is 2. The summed E-state index contributed by atoms with van der Waals surface area (Å²) in [7, 11) is 1.85. The SMILES string of the molecule is Cc1nn(C)c(NN)c1CN1CCNC(=O)C1(C)C. The summed E-state index contributed by atoms with van der Waals surface area (Å²) in [6, 6.07) is 0. The Kier molecular flexibility index (Phi) is 3.51. The lowest BCUT2D eigenvalue weighted by Gasteiger charge is -2.41. The molecule has 19 heavy (non-hydrogen) atoms. The number of amides is 1. The average molecular weight is 266 g/mol. The van der Waals surface area contributed by atoms with Gasteiger partial charge in [-0.2, -0.15) is 5.10 Å². The standard InChI is InChI=1S/C12H22N6O/c1-8-9(10(15-13)17(4)16-8)7-18-6-5-14-11(19)12(18,2)3/h15H,5-7,13H2,1-4H3,(H,14,19). The highest BCUT2D eigenvalue weighted by atomic mass is 16.2. The molecule has 0 spiro atoms. The number of piperazine rings is 1. The van der Waals surface area contributed by atoms with Gasteiger partial charge in [-0.3, -0.25) is 14.4 Å². The summed E-state index contributed by atoms with van der Waals surface area (Å²) in [4.78, 5) is 14.1. The maximum Gasteiger partial charge on any atom is 0.240 e. The number of nitrogens with two attached hydrogens (primary N) is 1. The molecule has 1 aromatic heterocycles. The monoisotopic (exact) mass is 266 g/mol. The zero-order chi connectivity index (χ0) is 14.2. The van der Waals surface area contributed by atoms with Gasteiger partial charge >= 0.3 is 0 Å². The van der Waals surface area contributed by atoms with Gasteiger partial charge in [0, 0.05) is 32.2 Å². The number of hydrazine groups is 1. The van der Waals surface area contributed by atoms with E-state index in [-0.39, 0.29) is 5.91 Å². The molecular formula is C12H22N6O. The van der Waals surface area contributed by atoms with Crippen LogP contribution in [-0.2, 0) is 18.4 Å². The second kappa shape index (κ2) is 4.82. The predicted molar refractivity (Wildman–Crippen MR) is 73.3 cm³/mol. The number of anilines is 1. The van der Waals surface area contributed by atoms with Gasteiger partial charge in [0.1, 0.15) is 5.82 Å². The lowest BCUT2D eigenvalue weighted by molar-refractivity contribution is -0.135. The minimum atomic E-state index is -0.521. The van der Waals surface area contributed by atoms with Crippen LogP contribution in [-0.4, -0.2) is 39.2 Å². The molecule has 0 unspecified atom stereocenters. The summed E-state index contributed by atoms with van der Waals surface area (Å²) in [5.74, 6) is 6.41. The van der Waals surface area contributed by atoms with E-state index in [1.807, 2.05) is 27.8 Å². The number of rotatable bonds is 3. The van der Waals surface area contributed by atoms with Crippen molar-refractivity contribution in [3.8, 4) is 0 Å². The molecule has 4 N–H and O–H groups in total. The Labute approximate surface area is 113 Å². The summed E-state index contributed by atoms with van der Waals surface area (Å²) in [5.41, 5.74) is 4.13. The molecule has 1 saturated heterocycles. The first-order chi connectivity index (χ1) is 8.87. The van der Waals surface area contributed by atoms with E-state index in [0.29, 0.717) is 13.1 Å². The van der Waals surface area contributed by atoms with Crippen molar-refractivity contribution in [3.05, 3.63) is 11.3 Å². The highest BCUT2D eigenvalue weighted by Gasteiger charge is 2.38. The van der Waals surface area contributed by atoms with Crippen LogP contribution < -0.4 is 16.6 Å². The Hall–Kier alpha value is -1.60. The third-order valence-electron chi connectivity index (χ3n) is 3.85. The van der Waals surface area contributed by atoms with Crippen LogP contribution in [0.5, 0.6) is 0 Å². The van der Waals surface area contributed by atoms with E-state index in [4.69, 9.17) is 5.84 Å². The van der Waals surface area contributed by atoms with Gasteiger partial charge in [0.05, 0.1) is 11.2 Å². The zero-order valence-electron chi connectivity index (χ0n) is 11.9. The molecule has 0 atom stereocenters. The Bertz CT molecular complexity index is 493. The van der Waals surface area contributed by atoms with Crippen molar-refractivity contribution in [1.29, 1.82) is 0 Å². The first-order valence-electron chi connectivity index (χ1n) is 6.40. The van der Waals surface area contributed by atoms with Crippen molar-refractivity contribution in [2.24, 2.45) is 12.9 Å². The normalized spacial score (nSPS) is 19.3. The lowest BCUT2D eigenvalue weighted by Crippen LogP contribution is -2.61. The quantitative estimate of drug-likeness (QED) is 0.517. The third-order valence-corrected chi connectivity index (χ3v) is 3.85. The van der Waals surface area contributed by atoms with Gasteiger partial charge in [0.15, 0.2) is 0 Å². The molecule has 0 saturated carbocycles. The van der Waals surface area contributed by atoms with E-state index < -0.39 is 5.54 Å². The Morgan fingerprint density at radius 1 is 1.53 bits per heavy atom. The van der Waals surface area contributed by atoms with Crippen LogP contribution >= 0.6 is 0 Å². The van der Waals surface area contributed by atoms with Crippen LogP contribution in [0.15, 0.2) is 0 Å². The van der Waals surface area contributed by atoms with Gasteiger partial charge in [-0.15, -0.1) is 0 Å². The van der Waals surface area contributed by atoms with Crippen LogP contribution in [0.3, 0.4) is 0 Å². The topological polar surface area (TPSA) is 88.2 Å². The molecule has 7 heteroatoms. The summed E-state index contributed by atoms with van der Waals surface area (Å²) >= 11 is 0. The molecule has 7 nitrogen and oxygen atoms in total. The second-order valence-electron chi connectivity index (χ2n) is 5.42. The van der Waals surface area contributed by atoms with Crippen LogP contribution in [0, 0.1) is 6.92 Å². The fourth-order valence-electron chi connectivity index (χ4n) is 2.48. The first-order valence-corrected chi connectivity index (χ1v) is 6.40. The number of aryl methyl sites for hydroxylation is 2. The van der Waals surface area contributed by atoms with E-state index in [1.54, 1.807) is 4.68 Å². The molecule has 1 aliphatic rings. The number of nitrogen functional groups attached to an aromatic ring is 1. The Morgan fingerprint density at radius 3 is 2.84 bits per heavy atom. The Morgan fingerprint density at radius 2 is 2.21 bits per heavy atom. The number of nitrogens with one attached hydrogen (secondary N) is 2. The molecule has 2 heterocycles. The molecule has 106 valence electrons. The Balaban J connectivity index is 2.28. The molecule has 1 aromatic rings. The number of carbonyl (C=O) groups excluding carboxylic acids is 1. The lowest BCUT2D eigenvalue weighted by atomic mass is 9.98. The molecule has 0 radical (unpaired) electrons. The number of carbonyl (C=O) groups is 1. The maximum atomic E-state index is 11.9. The van der Waals surface area contributed by atoms with Gasteiger partial charge in [0.25, 0.3) is 0 Å². The van der Waals surface area contributed by atoms with E-state index in [2.05, 4.69) is 20.7 Å². The molecule has 0 bridgehead atoms. The predicted octanol–water partition coefficient (Wildman–Crippen LogP) is -0.275. The van der Waals surface area contributed by atoms with Crippen LogP contribution in [0.2, 0.25) is 0 Å². The second-order valence-corrected chi connectivity index (χ2v) is 5.42. The van der Waals surface area contributed by atoms with Crippen LogP contribution in [0.4, 0.5) is 5.82 Å². The van der Waals surface area contributed by atoms with E-state index in [9.17, 15) is 4.79 Å². The summed E-state index contributed by atoms with van der Waals surface area (Å²) in [5, 5.41) is 7.26. The third kappa shape index (κ3) is 2.31. The fourth-order valence-corrected chi connectivity index (χ4v) is 2.48. The molecule has 1 aliphatic heterocycles. The highest BCUT2D eigenvalue weighted by Crippen LogP contribution is 2.25. The average Bonchev–Trinajstić information content (AvgIpc) is 2.60. The fraction of sp³-hybridized carbons (Fsp3) is 0.667. The van der Waals surface area contributed by atoms with Crippen LogP contribution in [0.25, 0.3) is 0 Å².